The predicted octanol–water partition coefficient (Wildman–Crippen LogP) is 3.18. The Morgan fingerprint density at radius 2 is 2.03 bits per heavy atom. The van der Waals surface area contributed by atoms with Gasteiger partial charge in [0, 0.05) is 32.8 Å². The zero-order valence-electron chi connectivity index (χ0n) is 18.9. The van der Waals surface area contributed by atoms with Crippen molar-refractivity contribution in [1.29, 1.82) is 0 Å². The number of nitrogens with zero attached hydrogens (tertiary/aromatic N) is 3. The normalized spacial score (nSPS) is 17.2. The third-order valence-electron chi connectivity index (χ3n) is 5.58. The number of thiazole rings is 1. The van der Waals surface area contributed by atoms with E-state index in [1.54, 1.807) is 7.05 Å². The second kappa shape index (κ2) is 9.76. The van der Waals surface area contributed by atoms with Gasteiger partial charge in [-0.2, -0.15) is 9.30 Å². The van der Waals surface area contributed by atoms with E-state index in [-0.39, 0.29) is 11.0 Å². The zero-order chi connectivity index (χ0) is 23.6. The van der Waals surface area contributed by atoms with E-state index < -0.39 is 15.9 Å². The number of benzene rings is 2. The summed E-state index contributed by atoms with van der Waals surface area (Å²) in [5, 5.41) is 0. The van der Waals surface area contributed by atoms with Crippen LogP contribution in [0.25, 0.3) is 10.2 Å². The molecule has 0 saturated carbocycles. The molecule has 0 radical (unpaired) electrons. The summed E-state index contributed by atoms with van der Waals surface area (Å²) >= 11 is 1.39. The third kappa shape index (κ3) is 5.03. The van der Waals surface area contributed by atoms with Gasteiger partial charge in [0.1, 0.15) is 5.75 Å². The first-order valence-electron chi connectivity index (χ1n) is 10.8. The molecule has 2 heterocycles. The number of sulfonamides is 1. The van der Waals surface area contributed by atoms with E-state index >= 15 is 0 Å². The molecule has 1 atom stereocenters. The SMILES string of the molecule is CCOc1ccc2c(c1)sc(=NC(=O)c1ccc(S(=O)(=O)N(C)CC3CCCO3)cc1)n2C. The molecule has 3 aromatic rings. The summed E-state index contributed by atoms with van der Waals surface area (Å²) in [6.45, 7) is 3.49. The first-order chi connectivity index (χ1) is 15.8. The molecule has 10 heteroatoms. The number of carbonyl (C=O) groups excluding carboxylic acids is 1. The number of fused-ring (bicyclic) bond motifs is 1. The van der Waals surface area contributed by atoms with Crippen LogP contribution in [-0.4, -0.2) is 56.1 Å². The topological polar surface area (TPSA) is 90.2 Å². The number of aromatic nitrogens is 1. The van der Waals surface area contributed by atoms with Gasteiger partial charge in [0.2, 0.25) is 10.0 Å². The molecule has 0 N–H and O–H groups in total. The Bertz CT molecular complexity index is 1320. The van der Waals surface area contributed by atoms with Crippen molar-refractivity contribution in [3.8, 4) is 5.75 Å². The molecule has 4 rings (SSSR count). The third-order valence-corrected chi connectivity index (χ3v) is 8.52. The van der Waals surface area contributed by atoms with Gasteiger partial charge >= 0.3 is 0 Å². The summed E-state index contributed by atoms with van der Waals surface area (Å²) in [6.07, 6.45) is 1.73. The number of rotatable bonds is 7. The fourth-order valence-corrected chi connectivity index (χ4v) is 6.00. The highest BCUT2D eigenvalue weighted by Crippen LogP contribution is 2.23. The van der Waals surface area contributed by atoms with Crippen LogP contribution in [0, 0.1) is 0 Å². The van der Waals surface area contributed by atoms with E-state index in [1.165, 1.54) is 39.9 Å². The van der Waals surface area contributed by atoms with E-state index in [9.17, 15) is 13.2 Å². The van der Waals surface area contributed by atoms with Gasteiger partial charge in [0.15, 0.2) is 4.80 Å². The number of amides is 1. The van der Waals surface area contributed by atoms with Crippen molar-refractivity contribution in [3.63, 3.8) is 0 Å². The molecule has 2 aromatic carbocycles. The molecule has 8 nitrogen and oxygen atoms in total. The van der Waals surface area contributed by atoms with Crippen molar-refractivity contribution in [1.82, 2.24) is 8.87 Å². The number of likely N-dealkylation sites (N-methyl/N-ethyl adjacent to an activating group) is 1. The average molecular weight is 490 g/mol. The maximum Gasteiger partial charge on any atom is 0.279 e. The Hall–Kier alpha value is -2.53. The summed E-state index contributed by atoms with van der Waals surface area (Å²) in [5.41, 5.74) is 1.27. The zero-order valence-corrected chi connectivity index (χ0v) is 20.5. The van der Waals surface area contributed by atoms with Gasteiger partial charge in [0.05, 0.1) is 27.8 Å². The number of aryl methyl sites for hydroxylation is 1. The summed E-state index contributed by atoms with van der Waals surface area (Å²) in [4.78, 5) is 17.7. The lowest BCUT2D eigenvalue weighted by atomic mass is 10.2. The van der Waals surface area contributed by atoms with E-state index in [1.807, 2.05) is 36.7 Å². The van der Waals surface area contributed by atoms with Crippen LogP contribution in [0.5, 0.6) is 5.75 Å². The smallest absolute Gasteiger partial charge is 0.279 e. The highest BCUT2D eigenvalue weighted by molar-refractivity contribution is 7.89. The molecule has 0 bridgehead atoms. The van der Waals surface area contributed by atoms with Crippen LogP contribution in [0.15, 0.2) is 52.4 Å². The van der Waals surface area contributed by atoms with Crippen molar-refractivity contribution in [2.24, 2.45) is 12.0 Å². The monoisotopic (exact) mass is 489 g/mol. The van der Waals surface area contributed by atoms with Gasteiger partial charge in [0.25, 0.3) is 5.91 Å². The Labute approximate surface area is 197 Å². The van der Waals surface area contributed by atoms with Crippen molar-refractivity contribution in [2.45, 2.75) is 30.8 Å². The Kier molecular flexibility index (Phi) is 6.99. The Morgan fingerprint density at radius 3 is 2.70 bits per heavy atom. The number of hydrogen-bond acceptors (Lipinski definition) is 6. The van der Waals surface area contributed by atoms with Gasteiger partial charge in [-0.05, 0) is 62.2 Å². The molecule has 0 spiro atoms. The second-order valence-electron chi connectivity index (χ2n) is 7.87. The minimum Gasteiger partial charge on any atom is -0.494 e. The van der Waals surface area contributed by atoms with Crippen LogP contribution in [-0.2, 0) is 21.8 Å². The van der Waals surface area contributed by atoms with Gasteiger partial charge in [-0.3, -0.25) is 4.79 Å². The largest absolute Gasteiger partial charge is 0.494 e. The number of hydrogen-bond donors (Lipinski definition) is 0. The van der Waals surface area contributed by atoms with Crippen LogP contribution < -0.4 is 9.54 Å². The number of ether oxygens (including phenoxy) is 2. The summed E-state index contributed by atoms with van der Waals surface area (Å²) in [5.74, 6) is 0.338. The molecule has 1 fully saturated rings. The maximum atomic E-state index is 12.9. The van der Waals surface area contributed by atoms with E-state index in [2.05, 4.69) is 4.99 Å². The fraction of sp³-hybridized carbons (Fsp3) is 0.391. The lowest BCUT2D eigenvalue weighted by molar-refractivity contribution is 0.0979. The Morgan fingerprint density at radius 1 is 1.27 bits per heavy atom. The van der Waals surface area contributed by atoms with Crippen molar-refractivity contribution in [2.75, 3.05) is 26.8 Å². The minimum atomic E-state index is -3.66. The highest BCUT2D eigenvalue weighted by atomic mass is 32.2. The Balaban J connectivity index is 1.54. The second-order valence-corrected chi connectivity index (χ2v) is 10.9. The van der Waals surface area contributed by atoms with Gasteiger partial charge < -0.3 is 14.0 Å². The van der Waals surface area contributed by atoms with Crippen LogP contribution in [0.3, 0.4) is 0 Å². The van der Waals surface area contributed by atoms with Crippen molar-refractivity contribution >= 4 is 37.5 Å². The number of carbonyl (C=O) groups is 1. The molecule has 176 valence electrons. The average Bonchev–Trinajstić information content (AvgIpc) is 3.42. The molecule has 1 unspecified atom stereocenters. The molecule has 1 saturated heterocycles. The van der Waals surface area contributed by atoms with Gasteiger partial charge in [-0.1, -0.05) is 11.3 Å². The summed E-state index contributed by atoms with van der Waals surface area (Å²) in [6, 6.07) is 11.6. The fourth-order valence-electron chi connectivity index (χ4n) is 3.75. The van der Waals surface area contributed by atoms with Crippen molar-refractivity contribution < 1.29 is 22.7 Å². The van der Waals surface area contributed by atoms with Crippen LogP contribution in [0.2, 0.25) is 0 Å². The molecule has 0 aliphatic carbocycles. The molecular formula is C23H27N3O5S2. The summed E-state index contributed by atoms with van der Waals surface area (Å²) < 4.78 is 40.9. The maximum absolute atomic E-state index is 12.9. The van der Waals surface area contributed by atoms with Gasteiger partial charge in [-0.25, -0.2) is 8.42 Å². The predicted molar refractivity (Wildman–Crippen MR) is 127 cm³/mol. The molecule has 1 amide bonds. The standard InChI is InChI=1S/C23H27N3O5S2/c1-4-30-17-9-12-20-21(14-17)32-23(26(20)3)24-22(27)16-7-10-19(11-8-16)33(28,29)25(2)15-18-6-5-13-31-18/h7-12,14,18H,4-6,13,15H2,1-3H3. The molecule has 1 aromatic heterocycles. The van der Waals surface area contributed by atoms with Crippen LogP contribution in [0.4, 0.5) is 0 Å². The van der Waals surface area contributed by atoms with E-state index in [4.69, 9.17) is 9.47 Å². The highest BCUT2D eigenvalue weighted by Gasteiger charge is 2.26. The van der Waals surface area contributed by atoms with E-state index in [0.29, 0.717) is 30.1 Å². The first kappa shape index (κ1) is 23.6. The van der Waals surface area contributed by atoms with Crippen molar-refractivity contribution in [3.05, 3.63) is 52.8 Å². The van der Waals surface area contributed by atoms with Crippen LogP contribution in [0.1, 0.15) is 30.1 Å². The van der Waals surface area contributed by atoms with E-state index in [0.717, 1.165) is 28.8 Å². The summed E-state index contributed by atoms with van der Waals surface area (Å²) in [7, 11) is -0.266. The molecule has 33 heavy (non-hydrogen) atoms. The first-order valence-corrected chi connectivity index (χ1v) is 13.0. The lowest BCUT2D eigenvalue weighted by Gasteiger charge is -2.20. The molecule has 1 aliphatic rings. The quantitative estimate of drug-likeness (QED) is 0.509. The van der Waals surface area contributed by atoms with Crippen LogP contribution >= 0.6 is 11.3 Å². The van der Waals surface area contributed by atoms with Gasteiger partial charge in [-0.15, -0.1) is 0 Å². The lowest BCUT2D eigenvalue weighted by Crippen LogP contribution is -2.34. The molecule has 1 aliphatic heterocycles. The minimum absolute atomic E-state index is 0.0731. The molecular weight excluding hydrogens is 462 g/mol.